The van der Waals surface area contributed by atoms with E-state index < -0.39 is 6.04 Å². The van der Waals surface area contributed by atoms with Crippen LogP contribution in [0.25, 0.3) is 0 Å². The Morgan fingerprint density at radius 3 is 2.45 bits per heavy atom. The predicted octanol–water partition coefficient (Wildman–Crippen LogP) is 2.81. The van der Waals surface area contributed by atoms with E-state index in [-0.39, 0.29) is 42.4 Å². The minimum Gasteiger partial charge on any atom is -0.454 e. The molecule has 2 fully saturated rings. The molecule has 33 heavy (non-hydrogen) atoms. The molecule has 8 nitrogen and oxygen atoms in total. The highest BCUT2D eigenvalue weighted by Crippen LogP contribution is 2.32. The molecule has 0 bridgehead atoms. The summed E-state index contributed by atoms with van der Waals surface area (Å²) in [6.45, 7) is 7.52. The van der Waals surface area contributed by atoms with E-state index >= 15 is 0 Å². The first-order valence-corrected chi connectivity index (χ1v) is 12.1. The minimum atomic E-state index is -0.643. The summed E-state index contributed by atoms with van der Waals surface area (Å²) in [5.74, 6) is 1.02. The number of nitrogens with zero attached hydrogens (tertiary/aromatic N) is 2. The average Bonchev–Trinajstić information content (AvgIpc) is 3.30. The van der Waals surface area contributed by atoms with E-state index in [4.69, 9.17) is 9.47 Å². The molecule has 1 N–H and O–H groups in total. The number of piperazine rings is 1. The van der Waals surface area contributed by atoms with Gasteiger partial charge >= 0.3 is 0 Å². The van der Waals surface area contributed by atoms with E-state index in [0.717, 1.165) is 25.7 Å². The number of carbonyl (C=O) groups is 3. The molecule has 8 heteroatoms. The van der Waals surface area contributed by atoms with E-state index in [9.17, 15) is 14.4 Å². The van der Waals surface area contributed by atoms with Crippen LogP contribution in [0.5, 0.6) is 11.5 Å². The molecular weight excluding hydrogens is 422 g/mol. The van der Waals surface area contributed by atoms with Crippen molar-refractivity contribution in [3.8, 4) is 11.5 Å². The lowest BCUT2D eigenvalue weighted by atomic mass is 9.87. The second-order valence-electron chi connectivity index (χ2n) is 9.76. The summed E-state index contributed by atoms with van der Waals surface area (Å²) in [7, 11) is 0. The highest BCUT2D eigenvalue weighted by molar-refractivity contribution is 5.98. The van der Waals surface area contributed by atoms with Crippen LogP contribution < -0.4 is 14.8 Å². The smallest absolute Gasteiger partial charge is 0.252 e. The zero-order valence-electron chi connectivity index (χ0n) is 19.8. The van der Waals surface area contributed by atoms with Crippen LogP contribution in [0.2, 0.25) is 0 Å². The van der Waals surface area contributed by atoms with Crippen molar-refractivity contribution in [1.29, 1.82) is 0 Å². The van der Waals surface area contributed by atoms with Gasteiger partial charge in [-0.25, -0.2) is 0 Å². The van der Waals surface area contributed by atoms with Crippen LogP contribution in [0.3, 0.4) is 0 Å². The Hall–Kier alpha value is -2.77. The first kappa shape index (κ1) is 23.4. The van der Waals surface area contributed by atoms with Crippen molar-refractivity contribution in [3.63, 3.8) is 0 Å². The summed E-state index contributed by atoms with van der Waals surface area (Å²) in [4.78, 5) is 43.0. The van der Waals surface area contributed by atoms with E-state index in [0.29, 0.717) is 36.7 Å². The number of hydrogen-bond donors (Lipinski definition) is 1. The maximum atomic E-state index is 13.4. The largest absolute Gasteiger partial charge is 0.454 e. The molecule has 1 aliphatic carbocycles. The van der Waals surface area contributed by atoms with Gasteiger partial charge in [-0.3, -0.25) is 14.4 Å². The molecule has 0 radical (unpaired) electrons. The Kier molecular flexibility index (Phi) is 7.10. The van der Waals surface area contributed by atoms with Gasteiger partial charge < -0.3 is 24.6 Å². The first-order chi connectivity index (χ1) is 15.8. The fraction of sp³-hybridized carbons (Fsp3) is 0.640. The molecule has 3 aliphatic rings. The van der Waals surface area contributed by atoms with Gasteiger partial charge in [-0.15, -0.1) is 0 Å². The number of carbonyl (C=O) groups excluding carboxylic acids is 3. The van der Waals surface area contributed by atoms with Crippen LogP contribution in [0.1, 0.15) is 63.2 Å². The maximum absolute atomic E-state index is 13.4. The average molecular weight is 458 g/mol. The molecule has 2 unspecified atom stereocenters. The highest BCUT2D eigenvalue weighted by Gasteiger charge is 2.36. The lowest BCUT2D eigenvalue weighted by Gasteiger charge is -2.43. The molecule has 2 aliphatic heterocycles. The summed E-state index contributed by atoms with van der Waals surface area (Å²) in [6.07, 6.45) is 5.43. The van der Waals surface area contributed by atoms with E-state index in [1.54, 1.807) is 23.1 Å². The third kappa shape index (κ3) is 5.09. The molecule has 2 atom stereocenters. The van der Waals surface area contributed by atoms with Gasteiger partial charge in [-0.05, 0) is 43.9 Å². The number of hydrogen-bond acceptors (Lipinski definition) is 5. The quantitative estimate of drug-likeness (QED) is 0.735. The number of ether oxygens (including phenoxy) is 2. The van der Waals surface area contributed by atoms with Crippen molar-refractivity contribution >= 4 is 17.7 Å². The molecule has 1 aromatic rings. The summed E-state index contributed by atoms with van der Waals surface area (Å²) in [5.41, 5.74) is 0.425. The molecule has 180 valence electrons. The molecule has 3 amide bonds. The molecule has 1 aromatic carbocycles. The van der Waals surface area contributed by atoms with Gasteiger partial charge in [-0.1, -0.05) is 33.1 Å². The number of nitrogens with one attached hydrogen (secondary N) is 1. The van der Waals surface area contributed by atoms with Crippen LogP contribution >= 0.6 is 0 Å². The van der Waals surface area contributed by atoms with Gasteiger partial charge in [0.25, 0.3) is 5.91 Å². The molecule has 1 saturated carbocycles. The molecule has 4 rings (SSSR count). The number of fused-ring (bicyclic) bond motifs is 1. The minimum absolute atomic E-state index is 0.0329. The van der Waals surface area contributed by atoms with Crippen molar-refractivity contribution < 1.29 is 23.9 Å². The Bertz CT molecular complexity index is 896. The van der Waals surface area contributed by atoms with Crippen LogP contribution in [0, 0.1) is 11.8 Å². The molecule has 2 heterocycles. The van der Waals surface area contributed by atoms with Gasteiger partial charge in [-0.2, -0.15) is 0 Å². The number of rotatable bonds is 5. The Morgan fingerprint density at radius 1 is 1.03 bits per heavy atom. The lowest BCUT2D eigenvalue weighted by molar-refractivity contribution is -0.147. The van der Waals surface area contributed by atoms with Crippen LogP contribution in [0.15, 0.2) is 18.2 Å². The SMILES string of the molecule is CC(C)C(NC(=O)c1ccc2c(c1)OCO2)C(=O)N1CCN(C(=O)C2CCCCC2)C(C)C1. The van der Waals surface area contributed by atoms with Crippen molar-refractivity contribution in [2.75, 3.05) is 26.4 Å². The van der Waals surface area contributed by atoms with Crippen molar-refractivity contribution in [3.05, 3.63) is 23.8 Å². The van der Waals surface area contributed by atoms with Gasteiger partial charge in [0.2, 0.25) is 18.6 Å². The van der Waals surface area contributed by atoms with Crippen molar-refractivity contribution in [2.45, 2.75) is 65.0 Å². The molecule has 0 aromatic heterocycles. The second kappa shape index (κ2) is 10.0. The maximum Gasteiger partial charge on any atom is 0.252 e. The summed E-state index contributed by atoms with van der Waals surface area (Å²) in [6, 6.07) is 4.33. The zero-order valence-corrected chi connectivity index (χ0v) is 19.8. The third-order valence-electron chi connectivity index (χ3n) is 7.03. The monoisotopic (exact) mass is 457 g/mol. The Labute approximate surface area is 195 Å². The van der Waals surface area contributed by atoms with Crippen LogP contribution in [0.4, 0.5) is 0 Å². The Balaban J connectivity index is 1.38. The van der Waals surface area contributed by atoms with Crippen molar-refractivity contribution in [1.82, 2.24) is 15.1 Å². The summed E-state index contributed by atoms with van der Waals surface area (Å²) >= 11 is 0. The number of benzene rings is 1. The number of amides is 3. The van der Waals surface area contributed by atoms with Gasteiger partial charge in [0.05, 0.1) is 0 Å². The Morgan fingerprint density at radius 2 is 1.76 bits per heavy atom. The molecule has 0 spiro atoms. The standard InChI is InChI=1S/C25H35N3O5/c1-16(2)22(26-23(29)19-9-10-20-21(13-19)33-15-32-20)25(31)27-11-12-28(17(3)14-27)24(30)18-7-5-4-6-8-18/h9-10,13,16-18,22H,4-8,11-12,14-15H2,1-3H3,(H,26,29). The topological polar surface area (TPSA) is 88.2 Å². The van der Waals surface area contributed by atoms with E-state index in [1.807, 2.05) is 25.7 Å². The third-order valence-corrected chi connectivity index (χ3v) is 7.03. The van der Waals surface area contributed by atoms with Crippen molar-refractivity contribution in [2.24, 2.45) is 11.8 Å². The zero-order chi connectivity index (χ0) is 23.5. The normalized spacial score (nSPS) is 21.8. The summed E-state index contributed by atoms with van der Waals surface area (Å²) in [5, 5.41) is 2.91. The predicted molar refractivity (Wildman–Crippen MR) is 123 cm³/mol. The molecular formula is C25H35N3O5. The van der Waals surface area contributed by atoms with Crippen LogP contribution in [-0.2, 0) is 9.59 Å². The van der Waals surface area contributed by atoms with Gasteiger partial charge in [0.15, 0.2) is 11.5 Å². The van der Waals surface area contributed by atoms with Gasteiger partial charge in [0, 0.05) is 37.2 Å². The second-order valence-corrected chi connectivity index (χ2v) is 9.76. The van der Waals surface area contributed by atoms with E-state index in [2.05, 4.69) is 5.32 Å². The van der Waals surface area contributed by atoms with Crippen LogP contribution in [-0.4, -0.2) is 66.0 Å². The summed E-state index contributed by atoms with van der Waals surface area (Å²) < 4.78 is 10.7. The lowest BCUT2D eigenvalue weighted by Crippen LogP contribution is -2.60. The van der Waals surface area contributed by atoms with Gasteiger partial charge in [0.1, 0.15) is 6.04 Å². The molecule has 1 saturated heterocycles. The highest BCUT2D eigenvalue weighted by atomic mass is 16.7. The fourth-order valence-corrected chi connectivity index (χ4v) is 5.04. The van der Waals surface area contributed by atoms with E-state index in [1.165, 1.54) is 6.42 Å². The fourth-order valence-electron chi connectivity index (χ4n) is 5.04. The first-order valence-electron chi connectivity index (χ1n) is 12.1.